The fraction of sp³-hybridized carbons (Fsp3) is 0.290. The summed E-state index contributed by atoms with van der Waals surface area (Å²) in [4.78, 5) is 7.25. The topological polar surface area (TPSA) is 9.72 Å². The Balaban J connectivity index is 1.12. The molecule has 330 valence electrons. The maximum absolute atomic E-state index is 2.61. The first-order chi connectivity index (χ1) is 32.1. The number of hydrogen-bond acceptors (Lipinski definition) is 3. The van der Waals surface area contributed by atoms with Gasteiger partial charge in [0.1, 0.15) is 0 Å². The Bertz CT molecular complexity index is 2620. The summed E-state index contributed by atoms with van der Waals surface area (Å²) in [6.45, 7) is 4.67. The van der Waals surface area contributed by atoms with Gasteiger partial charge in [0.2, 0.25) is 0 Å². The maximum Gasteiger partial charge on any atom is 0.0464 e. The predicted molar refractivity (Wildman–Crippen MR) is 280 cm³/mol. The van der Waals surface area contributed by atoms with E-state index in [9.17, 15) is 0 Å². The molecule has 9 rings (SSSR count). The number of benzene rings is 6. The Hall–Kier alpha value is -6.32. The zero-order chi connectivity index (χ0) is 44.4. The van der Waals surface area contributed by atoms with Crippen LogP contribution >= 0.6 is 0 Å². The van der Waals surface area contributed by atoms with E-state index in [1.54, 1.807) is 0 Å². The molecule has 3 aliphatic carbocycles. The highest BCUT2D eigenvalue weighted by Crippen LogP contribution is 2.57. The number of fused-ring (bicyclic) bond motifs is 3. The number of anilines is 6. The van der Waals surface area contributed by atoms with Gasteiger partial charge < -0.3 is 14.7 Å². The van der Waals surface area contributed by atoms with E-state index in [-0.39, 0.29) is 5.41 Å². The molecule has 0 atom stereocenters. The van der Waals surface area contributed by atoms with Gasteiger partial charge in [0.15, 0.2) is 0 Å². The van der Waals surface area contributed by atoms with Gasteiger partial charge in [-0.1, -0.05) is 162 Å². The Labute approximate surface area is 390 Å². The largest absolute Gasteiger partial charge is 0.345 e. The van der Waals surface area contributed by atoms with Crippen molar-refractivity contribution in [3.8, 4) is 22.3 Å². The molecule has 0 radical (unpaired) electrons. The van der Waals surface area contributed by atoms with Gasteiger partial charge in [0.05, 0.1) is 0 Å². The molecular weight excluding hydrogens is 787 g/mol. The van der Waals surface area contributed by atoms with Gasteiger partial charge in [-0.05, 0) is 157 Å². The van der Waals surface area contributed by atoms with Gasteiger partial charge in [-0.3, -0.25) is 0 Å². The summed E-state index contributed by atoms with van der Waals surface area (Å²) in [6.07, 6.45) is 30.9. The fourth-order valence-corrected chi connectivity index (χ4v) is 10.6. The Morgan fingerprint density at radius 2 is 0.831 bits per heavy atom. The van der Waals surface area contributed by atoms with Crippen LogP contribution in [0.3, 0.4) is 0 Å². The highest BCUT2D eigenvalue weighted by Gasteiger charge is 2.43. The molecule has 0 amide bonds. The second-order valence-electron chi connectivity index (χ2n) is 18.4. The Morgan fingerprint density at radius 3 is 1.28 bits per heavy atom. The average molecular weight is 854 g/mol. The first kappa shape index (κ1) is 43.9. The second kappa shape index (κ2) is 20.7. The molecule has 3 heteroatoms. The zero-order valence-corrected chi connectivity index (χ0v) is 39.1. The fourth-order valence-electron chi connectivity index (χ4n) is 10.6. The van der Waals surface area contributed by atoms with E-state index in [0.29, 0.717) is 0 Å². The van der Waals surface area contributed by atoms with Crippen LogP contribution in [0.2, 0.25) is 0 Å². The zero-order valence-electron chi connectivity index (χ0n) is 39.1. The third-order valence-corrected chi connectivity index (χ3v) is 14.1. The molecule has 0 saturated carbocycles. The highest BCUT2D eigenvalue weighted by atomic mass is 15.2. The average Bonchev–Trinajstić information content (AvgIpc) is 3.63. The lowest BCUT2D eigenvalue weighted by Crippen LogP contribution is -2.27. The van der Waals surface area contributed by atoms with Crippen LogP contribution in [0.5, 0.6) is 0 Å². The van der Waals surface area contributed by atoms with E-state index >= 15 is 0 Å². The van der Waals surface area contributed by atoms with Crippen molar-refractivity contribution in [2.75, 3.05) is 21.7 Å². The Morgan fingerprint density at radius 1 is 0.415 bits per heavy atom. The molecule has 0 fully saturated rings. The first-order valence-corrected chi connectivity index (χ1v) is 24.8. The standard InChI is InChI=1S/C62H67N3/c1-4-6-8-22-44-62(45-23-9-7-5-2)60-46-56(64(52-26-16-11-17-27-52)53-28-18-12-19-29-53)40-42-58(60)59-43-41-57(47-61(59)62)65(54-30-20-13-21-31-54)55-38-34-49(35-39-55)48-32-36-51(37-33-48)63(3)50-24-14-10-15-25-50/h10-11,14-18,20,24-43,46-47H,4-9,12-13,19,21-23,44-45H2,1-3H3. The summed E-state index contributed by atoms with van der Waals surface area (Å²) in [6, 6.07) is 54.7. The minimum Gasteiger partial charge on any atom is -0.345 e. The summed E-state index contributed by atoms with van der Waals surface area (Å²) in [5, 5.41) is 0. The predicted octanol–water partition coefficient (Wildman–Crippen LogP) is 18.1. The van der Waals surface area contributed by atoms with E-state index in [0.717, 1.165) is 38.5 Å². The number of rotatable bonds is 19. The van der Waals surface area contributed by atoms with Crippen molar-refractivity contribution in [3.63, 3.8) is 0 Å². The minimum atomic E-state index is -0.0790. The summed E-state index contributed by atoms with van der Waals surface area (Å²) in [5.41, 5.74) is 18.0. The lowest BCUT2D eigenvalue weighted by molar-refractivity contribution is 0.401. The normalized spacial score (nSPS) is 14.6. The van der Waals surface area contributed by atoms with Crippen molar-refractivity contribution >= 4 is 34.1 Å². The second-order valence-corrected chi connectivity index (χ2v) is 18.4. The minimum absolute atomic E-state index is 0.0790. The van der Waals surface area contributed by atoms with Gasteiger partial charge in [-0.2, -0.15) is 0 Å². The molecule has 0 spiro atoms. The van der Waals surface area contributed by atoms with E-state index in [2.05, 4.69) is 218 Å². The molecule has 0 N–H and O–H groups in total. The van der Waals surface area contributed by atoms with Crippen LogP contribution in [0, 0.1) is 0 Å². The molecule has 0 saturated heterocycles. The van der Waals surface area contributed by atoms with Crippen molar-refractivity contribution in [2.24, 2.45) is 0 Å². The van der Waals surface area contributed by atoms with Crippen LogP contribution in [0.25, 0.3) is 22.3 Å². The number of nitrogens with zero attached hydrogens (tertiary/aromatic N) is 3. The van der Waals surface area contributed by atoms with Gasteiger partial charge >= 0.3 is 0 Å². The Kier molecular flexibility index (Phi) is 14.0. The van der Waals surface area contributed by atoms with E-state index in [1.165, 1.54) is 130 Å². The molecule has 0 aliphatic heterocycles. The van der Waals surface area contributed by atoms with Crippen LogP contribution < -0.4 is 14.7 Å². The van der Waals surface area contributed by atoms with E-state index in [1.807, 2.05) is 0 Å². The lowest BCUT2D eigenvalue weighted by Gasteiger charge is -2.35. The van der Waals surface area contributed by atoms with Gasteiger partial charge in [-0.15, -0.1) is 0 Å². The number of allylic oxidation sites excluding steroid dienone is 6. The van der Waals surface area contributed by atoms with Gasteiger partial charge in [-0.25, -0.2) is 0 Å². The van der Waals surface area contributed by atoms with Crippen molar-refractivity contribution < 1.29 is 0 Å². The maximum atomic E-state index is 2.61. The first-order valence-electron chi connectivity index (χ1n) is 24.8. The quantitative estimate of drug-likeness (QED) is 0.0752. The van der Waals surface area contributed by atoms with Crippen molar-refractivity contribution in [3.05, 3.63) is 205 Å². The molecular formula is C62H67N3. The summed E-state index contributed by atoms with van der Waals surface area (Å²) >= 11 is 0. The smallest absolute Gasteiger partial charge is 0.0464 e. The summed E-state index contributed by atoms with van der Waals surface area (Å²) in [5.74, 6) is 0. The van der Waals surface area contributed by atoms with Gasteiger partial charge in [0, 0.05) is 58.0 Å². The third-order valence-electron chi connectivity index (χ3n) is 14.1. The van der Waals surface area contributed by atoms with Crippen LogP contribution in [-0.2, 0) is 5.41 Å². The van der Waals surface area contributed by atoms with Gasteiger partial charge in [0.25, 0.3) is 0 Å². The van der Waals surface area contributed by atoms with Crippen LogP contribution in [-0.4, -0.2) is 7.05 Å². The van der Waals surface area contributed by atoms with Crippen LogP contribution in [0.1, 0.15) is 115 Å². The van der Waals surface area contributed by atoms with E-state index in [4.69, 9.17) is 0 Å². The monoisotopic (exact) mass is 854 g/mol. The molecule has 6 aromatic rings. The summed E-state index contributed by atoms with van der Waals surface area (Å²) < 4.78 is 0. The number of hydrogen-bond donors (Lipinski definition) is 0. The van der Waals surface area contributed by atoms with Crippen molar-refractivity contribution in [2.45, 2.75) is 109 Å². The van der Waals surface area contributed by atoms with Crippen LogP contribution in [0.15, 0.2) is 193 Å². The molecule has 65 heavy (non-hydrogen) atoms. The van der Waals surface area contributed by atoms with Crippen molar-refractivity contribution in [1.82, 2.24) is 0 Å². The molecule has 3 nitrogen and oxygen atoms in total. The third kappa shape index (κ3) is 9.43. The molecule has 6 aromatic carbocycles. The molecule has 3 aliphatic rings. The molecule has 0 unspecified atom stereocenters. The molecule has 0 aromatic heterocycles. The lowest BCUT2D eigenvalue weighted by atomic mass is 9.70. The molecule has 0 bridgehead atoms. The van der Waals surface area contributed by atoms with Crippen molar-refractivity contribution in [1.29, 1.82) is 0 Å². The number of para-hydroxylation sites is 2. The van der Waals surface area contributed by atoms with Crippen LogP contribution in [0.4, 0.5) is 34.1 Å². The summed E-state index contributed by atoms with van der Waals surface area (Å²) in [7, 11) is 2.13. The SMILES string of the molecule is CCCCCCC1(CCCCCC)c2cc(N(C3=CCCC=C3)c3ccccc3)ccc2-c2ccc(N(C3=CCCC=C3)c3ccc(-c4ccc(N(C)c5ccccc5)cc4)cc3)cc21. The highest BCUT2D eigenvalue weighted by molar-refractivity contribution is 5.87. The van der Waals surface area contributed by atoms with E-state index < -0.39 is 0 Å². The number of unbranched alkanes of at least 4 members (excludes halogenated alkanes) is 6. The molecule has 0 heterocycles.